The van der Waals surface area contributed by atoms with Crippen LogP contribution in [0.15, 0.2) is 15.6 Å². The van der Waals surface area contributed by atoms with Crippen molar-refractivity contribution in [3.63, 3.8) is 0 Å². The molecule has 0 aliphatic heterocycles. The van der Waals surface area contributed by atoms with E-state index < -0.39 is 17.5 Å². The lowest BCUT2D eigenvalue weighted by atomic mass is 10.2. The number of carbonyl (C=O) groups is 1. The largest absolute Gasteiger partial charge is 0.368 e. The molecule has 2 N–H and O–H groups in total. The number of nitrogens with two attached hydrogens (primary N) is 1. The van der Waals surface area contributed by atoms with E-state index in [1.807, 2.05) is 0 Å². The summed E-state index contributed by atoms with van der Waals surface area (Å²) in [6.07, 6.45) is 1.64. The molecule has 0 aliphatic carbocycles. The molecule has 0 radical (unpaired) electrons. The Morgan fingerprint density at radius 3 is 2.87 bits per heavy atom. The summed E-state index contributed by atoms with van der Waals surface area (Å²) in [5, 5.41) is 0.0653. The van der Waals surface area contributed by atoms with Gasteiger partial charge in [-0.2, -0.15) is 0 Å². The topological polar surface area (TPSA) is 78.0 Å². The number of nitrogens with zero attached hydrogens (tertiary/aromatic N) is 2. The Balaban J connectivity index is 3.32. The number of halogens is 2. The normalized spacial score (nSPS) is 12.5. The lowest BCUT2D eigenvalue weighted by Crippen LogP contribution is -2.34. The van der Waals surface area contributed by atoms with E-state index in [1.165, 1.54) is 6.33 Å². The SMILES string of the molecule is CCC(C(N)=O)n1cnc(Cl)c(Br)c1=O. The van der Waals surface area contributed by atoms with Gasteiger partial charge < -0.3 is 5.73 Å². The van der Waals surface area contributed by atoms with E-state index in [9.17, 15) is 9.59 Å². The van der Waals surface area contributed by atoms with Gasteiger partial charge >= 0.3 is 0 Å². The molecule has 0 saturated heterocycles. The van der Waals surface area contributed by atoms with Crippen molar-refractivity contribution in [2.45, 2.75) is 19.4 Å². The third kappa shape index (κ3) is 2.38. The number of carbonyl (C=O) groups excluding carboxylic acids is 1. The van der Waals surface area contributed by atoms with Crippen LogP contribution in [0.5, 0.6) is 0 Å². The van der Waals surface area contributed by atoms with Gasteiger partial charge in [0.15, 0.2) is 5.15 Å². The zero-order chi connectivity index (χ0) is 11.6. The van der Waals surface area contributed by atoms with Crippen molar-refractivity contribution < 1.29 is 4.79 Å². The Bertz CT molecular complexity index is 446. The van der Waals surface area contributed by atoms with E-state index in [0.717, 1.165) is 4.57 Å². The summed E-state index contributed by atoms with van der Waals surface area (Å²) >= 11 is 8.62. The zero-order valence-corrected chi connectivity index (χ0v) is 10.2. The molecule has 0 fully saturated rings. The Hall–Kier alpha value is -0.880. The van der Waals surface area contributed by atoms with Crippen molar-refractivity contribution in [1.82, 2.24) is 9.55 Å². The van der Waals surface area contributed by atoms with Crippen molar-refractivity contribution in [2.24, 2.45) is 5.73 Å². The lowest BCUT2D eigenvalue weighted by molar-refractivity contribution is -0.121. The molecule has 5 nitrogen and oxygen atoms in total. The molecule has 0 spiro atoms. The highest BCUT2D eigenvalue weighted by atomic mass is 79.9. The van der Waals surface area contributed by atoms with Crippen molar-refractivity contribution in [3.05, 3.63) is 26.3 Å². The number of aromatic nitrogens is 2. The van der Waals surface area contributed by atoms with Crippen LogP contribution in [-0.2, 0) is 4.79 Å². The summed E-state index contributed by atoms with van der Waals surface area (Å²) in [6, 6.07) is -0.696. The van der Waals surface area contributed by atoms with Crippen LogP contribution >= 0.6 is 27.5 Å². The minimum Gasteiger partial charge on any atom is -0.368 e. The molecule has 15 heavy (non-hydrogen) atoms. The molecule has 0 aliphatic rings. The molecule has 1 aromatic heterocycles. The van der Waals surface area contributed by atoms with Crippen LogP contribution in [0.25, 0.3) is 0 Å². The number of rotatable bonds is 3. The van der Waals surface area contributed by atoms with Crippen LogP contribution in [0.1, 0.15) is 19.4 Å². The quantitative estimate of drug-likeness (QED) is 0.848. The Labute approximate surface area is 99.4 Å². The van der Waals surface area contributed by atoms with E-state index in [1.54, 1.807) is 6.92 Å². The van der Waals surface area contributed by atoms with Crippen molar-refractivity contribution in [3.8, 4) is 0 Å². The second kappa shape index (κ2) is 4.76. The standard InChI is InChI=1S/C8H9BrClN3O2/c1-2-4(7(11)14)13-3-12-6(10)5(9)8(13)15/h3-4H,2H2,1H3,(H2,11,14). The van der Waals surface area contributed by atoms with Crippen molar-refractivity contribution in [2.75, 3.05) is 0 Å². The molecule has 1 unspecified atom stereocenters. The van der Waals surface area contributed by atoms with Crippen molar-refractivity contribution in [1.29, 1.82) is 0 Å². The monoisotopic (exact) mass is 293 g/mol. The highest BCUT2D eigenvalue weighted by molar-refractivity contribution is 9.10. The summed E-state index contributed by atoms with van der Waals surface area (Å²) in [4.78, 5) is 26.5. The Morgan fingerprint density at radius 1 is 1.80 bits per heavy atom. The minimum absolute atomic E-state index is 0.0653. The lowest BCUT2D eigenvalue weighted by Gasteiger charge is -2.14. The number of hydrogen-bond donors (Lipinski definition) is 1. The first-order valence-electron chi connectivity index (χ1n) is 4.20. The van der Waals surface area contributed by atoms with Gasteiger partial charge in [0.1, 0.15) is 16.8 Å². The molecule has 1 atom stereocenters. The van der Waals surface area contributed by atoms with Gasteiger partial charge in [-0.1, -0.05) is 18.5 Å². The van der Waals surface area contributed by atoms with Crippen LogP contribution in [0.2, 0.25) is 5.15 Å². The molecule has 1 rings (SSSR count). The van der Waals surface area contributed by atoms with Crippen molar-refractivity contribution >= 4 is 33.4 Å². The molecule has 82 valence electrons. The smallest absolute Gasteiger partial charge is 0.269 e. The molecular formula is C8H9BrClN3O2. The highest BCUT2D eigenvalue weighted by Crippen LogP contribution is 2.16. The second-order valence-electron chi connectivity index (χ2n) is 2.89. The first-order chi connectivity index (χ1) is 6.99. The summed E-state index contributed by atoms with van der Waals surface area (Å²) in [5.41, 5.74) is 4.75. The molecule has 0 bridgehead atoms. The van der Waals surface area contributed by atoms with E-state index in [0.29, 0.717) is 6.42 Å². The Kier molecular flexibility index (Phi) is 3.87. The third-order valence-electron chi connectivity index (χ3n) is 1.95. The van der Waals surface area contributed by atoms with Gasteiger partial charge in [-0.05, 0) is 22.4 Å². The van der Waals surface area contributed by atoms with Crippen LogP contribution in [-0.4, -0.2) is 15.5 Å². The minimum atomic E-state index is -0.696. The van der Waals surface area contributed by atoms with E-state index in [2.05, 4.69) is 20.9 Å². The average Bonchev–Trinajstić information content (AvgIpc) is 2.18. The predicted octanol–water partition coefficient (Wildman–Crippen LogP) is 1.10. The van der Waals surface area contributed by atoms with Gasteiger partial charge in [0, 0.05) is 0 Å². The Morgan fingerprint density at radius 2 is 2.40 bits per heavy atom. The van der Waals surface area contributed by atoms with Crippen LogP contribution < -0.4 is 11.3 Å². The number of amides is 1. The second-order valence-corrected chi connectivity index (χ2v) is 4.04. The summed E-state index contributed by atoms with van der Waals surface area (Å²) in [5.74, 6) is -0.573. The predicted molar refractivity (Wildman–Crippen MR) is 59.7 cm³/mol. The first kappa shape index (κ1) is 12.2. The number of hydrogen-bond acceptors (Lipinski definition) is 3. The molecule has 0 saturated carbocycles. The zero-order valence-electron chi connectivity index (χ0n) is 7.91. The van der Waals surface area contributed by atoms with Gasteiger partial charge in [0.25, 0.3) is 5.56 Å². The third-order valence-corrected chi connectivity index (χ3v) is 3.18. The van der Waals surface area contributed by atoms with Gasteiger partial charge in [-0.25, -0.2) is 4.98 Å². The first-order valence-corrected chi connectivity index (χ1v) is 5.37. The van der Waals surface area contributed by atoms with Gasteiger partial charge in [-0.15, -0.1) is 0 Å². The average molecular weight is 295 g/mol. The fourth-order valence-corrected chi connectivity index (χ4v) is 1.61. The molecule has 0 aromatic carbocycles. The maximum absolute atomic E-state index is 11.7. The van der Waals surface area contributed by atoms with Gasteiger partial charge in [0.2, 0.25) is 5.91 Å². The molecular weight excluding hydrogens is 285 g/mol. The summed E-state index contributed by atoms with van der Waals surface area (Å²) in [6.45, 7) is 1.75. The number of primary amides is 1. The van der Waals surface area contributed by atoms with E-state index in [4.69, 9.17) is 17.3 Å². The van der Waals surface area contributed by atoms with Gasteiger partial charge in [0.05, 0.1) is 0 Å². The van der Waals surface area contributed by atoms with E-state index >= 15 is 0 Å². The summed E-state index contributed by atoms with van der Waals surface area (Å²) < 4.78 is 1.30. The van der Waals surface area contributed by atoms with Gasteiger partial charge in [-0.3, -0.25) is 14.2 Å². The summed E-state index contributed by atoms with van der Waals surface area (Å²) in [7, 11) is 0. The molecule has 1 heterocycles. The van der Waals surface area contributed by atoms with Crippen LogP contribution in [0, 0.1) is 0 Å². The maximum atomic E-state index is 11.7. The fraction of sp³-hybridized carbons (Fsp3) is 0.375. The fourth-order valence-electron chi connectivity index (χ4n) is 1.18. The highest BCUT2D eigenvalue weighted by Gasteiger charge is 2.18. The molecule has 1 aromatic rings. The van der Waals surface area contributed by atoms with Crippen LogP contribution in [0.4, 0.5) is 0 Å². The molecule has 1 amide bonds. The molecule has 7 heteroatoms. The maximum Gasteiger partial charge on any atom is 0.269 e. The van der Waals surface area contributed by atoms with Crippen LogP contribution in [0.3, 0.4) is 0 Å². The van der Waals surface area contributed by atoms with E-state index in [-0.39, 0.29) is 9.63 Å².